The van der Waals surface area contributed by atoms with E-state index in [9.17, 15) is 4.79 Å². The second-order valence-electron chi connectivity index (χ2n) is 4.64. The predicted molar refractivity (Wildman–Crippen MR) is 98.5 cm³/mol. The van der Waals surface area contributed by atoms with Gasteiger partial charge in [-0.2, -0.15) is 4.99 Å². The van der Waals surface area contributed by atoms with E-state index >= 15 is 0 Å². The summed E-state index contributed by atoms with van der Waals surface area (Å²) in [5, 5.41) is 0. The largest absolute Gasteiger partial charge is 0.497 e. The first-order valence-electron chi connectivity index (χ1n) is 6.75. The number of carbonyl (C=O) groups excluding carboxylic acids is 1. The standard InChI is InChI=1S/C16H13BrN2O2S2/c1-3-8-19-11-5-4-10(21-2)9-13(11)23-16(19)18-15(20)12-6-7-14(17)22-12/h3-7,9H,1,8H2,2H3. The van der Waals surface area contributed by atoms with Gasteiger partial charge in [0.25, 0.3) is 5.91 Å². The number of carbonyl (C=O) groups is 1. The van der Waals surface area contributed by atoms with Crippen LogP contribution in [0, 0.1) is 0 Å². The molecule has 0 atom stereocenters. The highest BCUT2D eigenvalue weighted by Crippen LogP contribution is 2.24. The highest BCUT2D eigenvalue weighted by Gasteiger charge is 2.11. The van der Waals surface area contributed by atoms with Crippen molar-refractivity contribution in [2.75, 3.05) is 7.11 Å². The Kier molecular flexibility index (Phi) is 4.79. The summed E-state index contributed by atoms with van der Waals surface area (Å²) in [5.74, 6) is 0.543. The zero-order valence-corrected chi connectivity index (χ0v) is 15.5. The van der Waals surface area contributed by atoms with Gasteiger partial charge in [0, 0.05) is 6.54 Å². The first-order valence-corrected chi connectivity index (χ1v) is 9.17. The number of aromatic nitrogens is 1. The number of halogens is 1. The maximum absolute atomic E-state index is 12.3. The molecule has 0 radical (unpaired) electrons. The minimum Gasteiger partial charge on any atom is -0.497 e. The van der Waals surface area contributed by atoms with E-state index in [0.29, 0.717) is 16.2 Å². The van der Waals surface area contributed by atoms with Crippen molar-refractivity contribution in [2.24, 2.45) is 4.99 Å². The third-order valence-corrected chi connectivity index (χ3v) is 5.84. The van der Waals surface area contributed by atoms with Gasteiger partial charge in [0.05, 0.1) is 26.0 Å². The Bertz CT molecular complexity index is 953. The molecule has 118 valence electrons. The quantitative estimate of drug-likeness (QED) is 0.597. The Morgan fingerprint density at radius 1 is 1.39 bits per heavy atom. The van der Waals surface area contributed by atoms with Gasteiger partial charge < -0.3 is 9.30 Å². The second-order valence-corrected chi connectivity index (χ2v) is 8.11. The van der Waals surface area contributed by atoms with Crippen LogP contribution < -0.4 is 9.54 Å². The average molecular weight is 409 g/mol. The van der Waals surface area contributed by atoms with E-state index in [1.54, 1.807) is 19.3 Å². The number of ether oxygens (including phenoxy) is 1. The maximum atomic E-state index is 12.3. The first-order chi connectivity index (χ1) is 11.1. The minimum absolute atomic E-state index is 0.239. The molecule has 0 aliphatic carbocycles. The number of benzene rings is 1. The fraction of sp³-hybridized carbons (Fsp3) is 0.125. The second kappa shape index (κ2) is 6.82. The van der Waals surface area contributed by atoms with E-state index in [2.05, 4.69) is 27.5 Å². The van der Waals surface area contributed by atoms with Crippen LogP contribution in [0.5, 0.6) is 5.75 Å². The summed E-state index contributed by atoms with van der Waals surface area (Å²) in [6.07, 6.45) is 1.79. The summed E-state index contributed by atoms with van der Waals surface area (Å²) in [6.45, 7) is 4.38. The van der Waals surface area contributed by atoms with Crippen molar-refractivity contribution in [3.63, 3.8) is 0 Å². The molecular formula is C16H13BrN2O2S2. The van der Waals surface area contributed by atoms with Gasteiger partial charge in [-0.05, 0) is 46.3 Å². The molecule has 4 nitrogen and oxygen atoms in total. The highest BCUT2D eigenvalue weighted by atomic mass is 79.9. The Labute approximate surface area is 149 Å². The molecule has 0 N–H and O–H groups in total. The summed E-state index contributed by atoms with van der Waals surface area (Å²) in [4.78, 5) is 17.9. The van der Waals surface area contributed by atoms with Crippen LogP contribution in [0.2, 0.25) is 0 Å². The number of hydrogen-bond acceptors (Lipinski definition) is 4. The first kappa shape index (κ1) is 16.2. The molecule has 0 unspecified atom stereocenters. The SMILES string of the molecule is C=CCn1c(=NC(=O)c2ccc(Br)s2)sc2cc(OC)ccc21. The van der Waals surface area contributed by atoms with Crippen LogP contribution in [-0.2, 0) is 6.54 Å². The Hall–Kier alpha value is -1.70. The molecule has 3 aromatic rings. The number of methoxy groups -OCH3 is 1. The van der Waals surface area contributed by atoms with Crippen LogP contribution in [0.4, 0.5) is 0 Å². The molecule has 7 heteroatoms. The fourth-order valence-corrected chi connectivity index (χ4v) is 4.48. The Morgan fingerprint density at radius 3 is 2.87 bits per heavy atom. The molecule has 2 aromatic heterocycles. The van der Waals surface area contributed by atoms with Gasteiger partial charge in [0.2, 0.25) is 0 Å². The predicted octanol–water partition coefficient (Wildman–Crippen LogP) is 4.46. The van der Waals surface area contributed by atoms with Crippen molar-refractivity contribution < 1.29 is 9.53 Å². The number of nitrogens with zero attached hydrogens (tertiary/aromatic N) is 2. The third kappa shape index (κ3) is 3.31. The molecule has 23 heavy (non-hydrogen) atoms. The number of thiophene rings is 1. The summed E-state index contributed by atoms with van der Waals surface area (Å²) in [6, 6.07) is 9.44. The summed E-state index contributed by atoms with van der Waals surface area (Å²) < 4.78 is 9.17. The minimum atomic E-state index is -0.239. The van der Waals surface area contributed by atoms with Gasteiger partial charge in [0.15, 0.2) is 4.80 Å². The molecule has 1 aromatic carbocycles. The van der Waals surface area contributed by atoms with Gasteiger partial charge in [0.1, 0.15) is 5.75 Å². The van der Waals surface area contributed by atoms with Crippen molar-refractivity contribution in [1.82, 2.24) is 4.57 Å². The van der Waals surface area contributed by atoms with Gasteiger partial charge in [-0.3, -0.25) is 4.79 Å². The average Bonchev–Trinajstić information content (AvgIpc) is 3.11. The molecular weight excluding hydrogens is 396 g/mol. The summed E-state index contributed by atoms with van der Waals surface area (Å²) >= 11 is 6.20. The van der Waals surface area contributed by atoms with Crippen molar-refractivity contribution in [3.05, 3.63) is 56.5 Å². The van der Waals surface area contributed by atoms with Crippen molar-refractivity contribution in [2.45, 2.75) is 6.54 Å². The summed E-state index contributed by atoms with van der Waals surface area (Å²) in [7, 11) is 1.63. The van der Waals surface area contributed by atoms with E-state index in [1.165, 1.54) is 22.7 Å². The van der Waals surface area contributed by atoms with Gasteiger partial charge in [-0.15, -0.1) is 17.9 Å². The van der Waals surface area contributed by atoms with Crippen LogP contribution in [0.15, 0.2) is 51.8 Å². The molecule has 0 spiro atoms. The molecule has 1 amide bonds. The Balaban J connectivity index is 2.15. The molecule has 0 bridgehead atoms. The molecule has 0 saturated heterocycles. The number of rotatable bonds is 4. The lowest BCUT2D eigenvalue weighted by molar-refractivity contribution is 0.100. The Morgan fingerprint density at radius 2 is 2.22 bits per heavy atom. The fourth-order valence-electron chi connectivity index (χ4n) is 2.14. The topological polar surface area (TPSA) is 43.6 Å². The molecule has 0 saturated carbocycles. The lowest BCUT2D eigenvalue weighted by atomic mass is 10.3. The number of allylic oxidation sites excluding steroid dienone is 1. The smallest absolute Gasteiger partial charge is 0.289 e. The number of fused-ring (bicyclic) bond motifs is 1. The molecule has 0 aliphatic heterocycles. The van der Waals surface area contributed by atoms with Crippen LogP contribution >= 0.6 is 38.6 Å². The van der Waals surface area contributed by atoms with Gasteiger partial charge in [-0.1, -0.05) is 17.4 Å². The van der Waals surface area contributed by atoms with E-state index in [0.717, 1.165) is 19.8 Å². The van der Waals surface area contributed by atoms with E-state index in [4.69, 9.17) is 4.74 Å². The van der Waals surface area contributed by atoms with Crippen molar-refractivity contribution in [1.29, 1.82) is 0 Å². The normalized spacial score (nSPS) is 11.8. The van der Waals surface area contributed by atoms with Crippen molar-refractivity contribution >= 4 is 54.7 Å². The van der Waals surface area contributed by atoms with E-state index in [-0.39, 0.29) is 5.91 Å². The molecule has 0 fully saturated rings. The summed E-state index contributed by atoms with van der Waals surface area (Å²) in [5.41, 5.74) is 1.01. The monoisotopic (exact) mass is 408 g/mol. The van der Waals surface area contributed by atoms with Crippen LogP contribution in [0.1, 0.15) is 9.67 Å². The van der Waals surface area contributed by atoms with Gasteiger partial charge >= 0.3 is 0 Å². The number of amides is 1. The molecule has 2 heterocycles. The lowest BCUT2D eigenvalue weighted by Gasteiger charge is -2.02. The zero-order chi connectivity index (χ0) is 16.4. The lowest BCUT2D eigenvalue weighted by Crippen LogP contribution is -2.15. The zero-order valence-electron chi connectivity index (χ0n) is 12.3. The number of thiazole rings is 1. The van der Waals surface area contributed by atoms with Crippen LogP contribution in [0.3, 0.4) is 0 Å². The van der Waals surface area contributed by atoms with Crippen molar-refractivity contribution in [3.8, 4) is 5.75 Å². The van der Waals surface area contributed by atoms with E-state index in [1.807, 2.05) is 28.8 Å². The number of hydrogen-bond donors (Lipinski definition) is 0. The van der Waals surface area contributed by atoms with E-state index < -0.39 is 0 Å². The van der Waals surface area contributed by atoms with Crippen LogP contribution in [-0.4, -0.2) is 17.6 Å². The maximum Gasteiger partial charge on any atom is 0.289 e. The molecule has 0 aliphatic rings. The highest BCUT2D eigenvalue weighted by molar-refractivity contribution is 9.11. The van der Waals surface area contributed by atoms with Gasteiger partial charge in [-0.25, -0.2) is 0 Å². The molecule has 3 rings (SSSR count). The van der Waals surface area contributed by atoms with Crippen LogP contribution in [0.25, 0.3) is 10.2 Å². The third-order valence-electron chi connectivity index (χ3n) is 3.18.